The first kappa shape index (κ1) is 12.2. The van der Waals surface area contributed by atoms with Gasteiger partial charge in [0, 0.05) is 6.42 Å². The Balaban J connectivity index is 2.17. The van der Waals surface area contributed by atoms with Crippen molar-refractivity contribution in [2.75, 3.05) is 6.61 Å². The molecule has 86 valence electrons. The van der Waals surface area contributed by atoms with E-state index in [9.17, 15) is 9.59 Å². The number of hydrogen-bond acceptors (Lipinski definition) is 3. The summed E-state index contributed by atoms with van der Waals surface area (Å²) >= 11 is 0. The number of carbonyl (C=O) groups excluding carboxylic acids is 2. The zero-order valence-electron chi connectivity index (χ0n) is 9.46. The maximum atomic E-state index is 11.4. The van der Waals surface area contributed by atoms with Crippen molar-refractivity contribution in [3.63, 3.8) is 0 Å². The monoisotopic (exact) mass is 212 g/mol. The number of unbranched alkanes of at least 4 members (excludes halogenated alkanes) is 1. The van der Waals surface area contributed by atoms with Crippen LogP contribution in [0, 0.1) is 5.92 Å². The topological polar surface area (TPSA) is 43.4 Å². The minimum atomic E-state index is -0.629. The highest BCUT2D eigenvalue weighted by Gasteiger charge is 2.23. The molecule has 0 unspecified atom stereocenters. The minimum absolute atomic E-state index is 0.335. The number of carbonyl (C=O) groups is 2. The Morgan fingerprint density at radius 2 is 1.93 bits per heavy atom. The smallest absolute Gasteiger partial charge is 0.374 e. The summed E-state index contributed by atoms with van der Waals surface area (Å²) in [5.41, 5.74) is 0. The molecular formula is C12H20O3. The largest absolute Gasteiger partial charge is 0.460 e. The molecule has 0 aromatic heterocycles. The first-order valence-electron chi connectivity index (χ1n) is 5.94. The third-order valence-electron chi connectivity index (χ3n) is 2.91. The molecule has 3 nitrogen and oxygen atoms in total. The summed E-state index contributed by atoms with van der Waals surface area (Å²) in [6.07, 6.45) is 6.78. The van der Waals surface area contributed by atoms with Crippen LogP contribution in [-0.4, -0.2) is 18.4 Å². The Labute approximate surface area is 91.2 Å². The second-order valence-corrected chi connectivity index (χ2v) is 4.27. The molecule has 0 N–H and O–H groups in total. The van der Waals surface area contributed by atoms with Gasteiger partial charge in [-0.25, -0.2) is 4.79 Å². The fraction of sp³-hybridized carbons (Fsp3) is 0.833. The lowest BCUT2D eigenvalue weighted by Crippen LogP contribution is -2.20. The zero-order chi connectivity index (χ0) is 11.1. The van der Waals surface area contributed by atoms with E-state index < -0.39 is 5.97 Å². The van der Waals surface area contributed by atoms with E-state index in [1.165, 1.54) is 12.8 Å². The predicted octanol–water partition coefficient (Wildman–Crippen LogP) is 2.48. The maximum absolute atomic E-state index is 11.4. The molecule has 0 aromatic carbocycles. The summed E-state index contributed by atoms with van der Waals surface area (Å²) < 4.78 is 4.87. The molecule has 1 fully saturated rings. The van der Waals surface area contributed by atoms with E-state index >= 15 is 0 Å². The minimum Gasteiger partial charge on any atom is -0.460 e. The van der Waals surface area contributed by atoms with Crippen LogP contribution >= 0.6 is 0 Å². The Morgan fingerprint density at radius 1 is 1.27 bits per heavy atom. The third kappa shape index (κ3) is 4.45. The molecule has 3 heteroatoms. The van der Waals surface area contributed by atoms with Gasteiger partial charge in [0.15, 0.2) is 0 Å². The molecule has 0 saturated heterocycles. The van der Waals surface area contributed by atoms with Crippen LogP contribution in [0.1, 0.15) is 51.9 Å². The molecule has 15 heavy (non-hydrogen) atoms. The van der Waals surface area contributed by atoms with Crippen LogP contribution in [0.5, 0.6) is 0 Å². The lowest BCUT2D eigenvalue weighted by molar-refractivity contribution is -0.154. The molecule has 0 aliphatic heterocycles. The number of ether oxygens (including phenoxy) is 1. The third-order valence-corrected chi connectivity index (χ3v) is 2.91. The fourth-order valence-electron chi connectivity index (χ4n) is 1.95. The number of hydrogen-bond donors (Lipinski definition) is 0. The SMILES string of the molecule is CCCCOC(=O)C(=O)CC1CCCC1. The van der Waals surface area contributed by atoms with Gasteiger partial charge in [-0.2, -0.15) is 0 Å². The van der Waals surface area contributed by atoms with Crippen LogP contribution in [0.15, 0.2) is 0 Å². The van der Waals surface area contributed by atoms with Crippen molar-refractivity contribution in [3.05, 3.63) is 0 Å². The van der Waals surface area contributed by atoms with E-state index in [1.807, 2.05) is 6.92 Å². The van der Waals surface area contributed by atoms with Crippen molar-refractivity contribution in [1.29, 1.82) is 0 Å². The van der Waals surface area contributed by atoms with Gasteiger partial charge in [-0.05, 0) is 12.3 Å². The average Bonchev–Trinajstić information content (AvgIpc) is 2.70. The molecule has 0 atom stereocenters. The second-order valence-electron chi connectivity index (χ2n) is 4.27. The van der Waals surface area contributed by atoms with E-state index in [4.69, 9.17) is 4.74 Å². The van der Waals surface area contributed by atoms with Crippen molar-refractivity contribution in [2.24, 2.45) is 5.92 Å². The Hall–Kier alpha value is -0.860. The molecule has 1 aliphatic rings. The molecule has 0 spiro atoms. The summed E-state index contributed by atoms with van der Waals surface area (Å²) in [7, 11) is 0. The highest BCUT2D eigenvalue weighted by molar-refractivity contribution is 6.33. The summed E-state index contributed by atoms with van der Waals surface area (Å²) in [6, 6.07) is 0. The van der Waals surface area contributed by atoms with Crippen molar-refractivity contribution in [2.45, 2.75) is 51.9 Å². The normalized spacial score (nSPS) is 16.6. The summed E-state index contributed by atoms with van der Waals surface area (Å²) in [5, 5.41) is 0. The molecule has 1 rings (SSSR count). The van der Waals surface area contributed by atoms with Crippen LogP contribution in [0.4, 0.5) is 0 Å². The Bertz CT molecular complexity index is 217. The van der Waals surface area contributed by atoms with E-state index in [2.05, 4.69) is 0 Å². The molecule has 0 bridgehead atoms. The molecule has 1 saturated carbocycles. The average molecular weight is 212 g/mol. The fourth-order valence-corrected chi connectivity index (χ4v) is 1.95. The van der Waals surface area contributed by atoms with Gasteiger partial charge in [0.25, 0.3) is 0 Å². The highest BCUT2D eigenvalue weighted by Crippen LogP contribution is 2.27. The highest BCUT2D eigenvalue weighted by atomic mass is 16.5. The summed E-state index contributed by atoms with van der Waals surface area (Å²) in [4.78, 5) is 22.7. The van der Waals surface area contributed by atoms with Crippen LogP contribution in [0.3, 0.4) is 0 Å². The van der Waals surface area contributed by atoms with E-state index in [0.717, 1.165) is 25.7 Å². The first-order valence-corrected chi connectivity index (χ1v) is 5.94. The molecule has 0 heterocycles. The van der Waals surface area contributed by atoms with Crippen LogP contribution in [-0.2, 0) is 14.3 Å². The molecule has 0 amide bonds. The van der Waals surface area contributed by atoms with Crippen molar-refractivity contribution >= 4 is 11.8 Å². The standard InChI is InChI=1S/C12H20O3/c1-2-3-8-15-12(14)11(13)9-10-6-4-5-7-10/h10H,2-9H2,1H3. The van der Waals surface area contributed by atoms with Gasteiger partial charge in [-0.15, -0.1) is 0 Å². The van der Waals surface area contributed by atoms with Gasteiger partial charge < -0.3 is 4.74 Å². The molecule has 0 radical (unpaired) electrons. The van der Waals surface area contributed by atoms with Gasteiger partial charge in [-0.3, -0.25) is 4.79 Å². The van der Waals surface area contributed by atoms with Crippen LogP contribution in [0.25, 0.3) is 0 Å². The quantitative estimate of drug-likeness (QED) is 0.386. The van der Waals surface area contributed by atoms with Crippen molar-refractivity contribution in [3.8, 4) is 0 Å². The lowest BCUT2D eigenvalue weighted by atomic mass is 10.0. The van der Waals surface area contributed by atoms with Crippen molar-refractivity contribution in [1.82, 2.24) is 0 Å². The first-order chi connectivity index (χ1) is 7.24. The van der Waals surface area contributed by atoms with Crippen LogP contribution in [0.2, 0.25) is 0 Å². The predicted molar refractivity (Wildman–Crippen MR) is 57.4 cm³/mol. The van der Waals surface area contributed by atoms with Crippen molar-refractivity contribution < 1.29 is 14.3 Å². The van der Waals surface area contributed by atoms with E-state index in [1.54, 1.807) is 0 Å². The van der Waals surface area contributed by atoms with Crippen LogP contribution < -0.4 is 0 Å². The van der Waals surface area contributed by atoms with Gasteiger partial charge in [0.1, 0.15) is 0 Å². The molecule has 0 aromatic rings. The zero-order valence-corrected chi connectivity index (χ0v) is 9.46. The second kappa shape index (κ2) is 6.59. The lowest BCUT2D eigenvalue weighted by Gasteiger charge is -2.07. The van der Waals surface area contributed by atoms with Gasteiger partial charge in [0.05, 0.1) is 6.61 Å². The summed E-state index contributed by atoms with van der Waals surface area (Å²) in [6.45, 7) is 2.40. The van der Waals surface area contributed by atoms with Gasteiger partial charge >= 0.3 is 5.97 Å². The number of rotatable bonds is 6. The summed E-state index contributed by atoms with van der Waals surface area (Å²) in [5.74, 6) is -0.537. The number of Topliss-reactive ketones (excluding diaryl/α,β-unsaturated/α-hetero) is 1. The van der Waals surface area contributed by atoms with Gasteiger partial charge in [-0.1, -0.05) is 39.0 Å². The molecular weight excluding hydrogens is 192 g/mol. The Morgan fingerprint density at radius 3 is 2.53 bits per heavy atom. The van der Waals surface area contributed by atoms with Gasteiger partial charge in [0.2, 0.25) is 5.78 Å². The molecule has 1 aliphatic carbocycles. The van der Waals surface area contributed by atoms with E-state index in [0.29, 0.717) is 18.9 Å². The number of esters is 1. The van der Waals surface area contributed by atoms with E-state index in [-0.39, 0.29) is 5.78 Å². The maximum Gasteiger partial charge on any atom is 0.374 e. The Kier molecular flexibility index (Phi) is 5.37. The number of ketones is 1.